The molecule has 47 heavy (non-hydrogen) atoms. The first-order chi connectivity index (χ1) is 22.2. The number of fused-ring (bicyclic) bond motifs is 1. The van der Waals surface area contributed by atoms with E-state index in [1.165, 1.54) is 11.8 Å². The molecule has 9 nitrogen and oxygen atoms in total. The lowest BCUT2D eigenvalue weighted by molar-refractivity contribution is -0.132. The summed E-state index contributed by atoms with van der Waals surface area (Å²) in [6, 6.07) is 21.5. The molecule has 6 unspecified atom stereocenters. The van der Waals surface area contributed by atoms with Crippen molar-refractivity contribution >= 4 is 44.4 Å². The van der Waals surface area contributed by atoms with E-state index in [1.54, 1.807) is 7.11 Å². The molecule has 1 saturated carbocycles. The highest BCUT2D eigenvalue weighted by Gasteiger charge is 2.39. The van der Waals surface area contributed by atoms with Crippen molar-refractivity contribution in [2.75, 3.05) is 19.1 Å². The van der Waals surface area contributed by atoms with Crippen molar-refractivity contribution in [2.45, 2.75) is 87.6 Å². The van der Waals surface area contributed by atoms with Crippen LogP contribution in [0.15, 0.2) is 77.7 Å². The second-order valence-electron chi connectivity index (χ2n) is 13.6. The van der Waals surface area contributed by atoms with Gasteiger partial charge in [-0.3, -0.25) is 9.59 Å². The lowest BCUT2D eigenvalue weighted by Crippen LogP contribution is -2.54. The highest BCUT2D eigenvalue weighted by molar-refractivity contribution is 7.99. The van der Waals surface area contributed by atoms with Crippen LogP contribution in [0.3, 0.4) is 0 Å². The second-order valence-corrected chi connectivity index (χ2v) is 16.5. The van der Waals surface area contributed by atoms with Crippen LogP contribution in [0.4, 0.5) is 0 Å². The van der Waals surface area contributed by atoms with E-state index in [-0.39, 0.29) is 36.0 Å². The molecule has 1 aliphatic rings. The Balaban J connectivity index is 1.56. The third kappa shape index (κ3) is 11.3. The third-order valence-corrected chi connectivity index (χ3v) is 10.4. The Labute approximate surface area is 283 Å². The molecule has 0 saturated heterocycles. The van der Waals surface area contributed by atoms with Crippen molar-refractivity contribution in [2.24, 2.45) is 11.8 Å². The highest BCUT2D eigenvalue weighted by Crippen LogP contribution is 2.36. The maximum Gasteiger partial charge on any atom is 0.239 e. The Morgan fingerprint density at radius 3 is 2.36 bits per heavy atom. The Bertz CT molecular complexity index is 1590. The minimum absolute atomic E-state index is 0.0255. The molecule has 0 aliphatic heterocycles. The van der Waals surface area contributed by atoms with E-state index in [9.17, 15) is 23.1 Å². The topological polar surface area (TPSA) is 134 Å². The molecular weight excluding hydrogens is 635 g/mol. The van der Waals surface area contributed by atoms with Crippen LogP contribution in [0.5, 0.6) is 0 Å². The average molecular weight is 684 g/mol. The number of aliphatic hydroxyl groups is 1. The average Bonchev–Trinajstić information content (AvgIpc) is 3.01. The fraction of sp³-hybridized carbons (Fsp3) is 0.500. The summed E-state index contributed by atoms with van der Waals surface area (Å²) < 4.78 is 33.0. The summed E-state index contributed by atoms with van der Waals surface area (Å²) >= 11 is 1.40. The first-order valence-electron chi connectivity index (χ1n) is 16.2. The van der Waals surface area contributed by atoms with Gasteiger partial charge in [-0.25, -0.2) is 13.1 Å². The van der Waals surface area contributed by atoms with Gasteiger partial charge in [0.25, 0.3) is 0 Å². The summed E-state index contributed by atoms with van der Waals surface area (Å²) in [4.78, 5) is 28.2. The summed E-state index contributed by atoms with van der Waals surface area (Å²) in [6.45, 7) is 5.83. The summed E-state index contributed by atoms with van der Waals surface area (Å²) in [6.07, 6.45) is 2.61. The molecule has 0 radical (unpaired) electrons. The Morgan fingerprint density at radius 2 is 1.68 bits per heavy atom. The number of sulfonamides is 1. The molecule has 0 heterocycles. The Hall–Kier alpha value is -2.96. The lowest BCUT2D eigenvalue weighted by Gasteiger charge is -2.38. The monoisotopic (exact) mass is 683 g/mol. The first-order valence-corrected chi connectivity index (χ1v) is 19.0. The van der Waals surface area contributed by atoms with Crippen LogP contribution in [0.1, 0.15) is 52.0 Å². The Kier molecular flexibility index (Phi) is 12.9. The number of methoxy groups -OCH3 is 1. The quantitative estimate of drug-likeness (QED) is 0.182. The van der Waals surface area contributed by atoms with E-state index in [0.717, 1.165) is 33.9 Å². The van der Waals surface area contributed by atoms with E-state index < -0.39 is 39.7 Å². The number of carbonyl (C=O) groups excluding carboxylic acids is 2. The predicted molar refractivity (Wildman–Crippen MR) is 189 cm³/mol. The van der Waals surface area contributed by atoms with E-state index >= 15 is 0 Å². The molecule has 1 aliphatic carbocycles. The van der Waals surface area contributed by atoms with Crippen molar-refractivity contribution in [1.29, 1.82) is 0 Å². The zero-order valence-electron chi connectivity index (χ0n) is 27.9. The molecule has 256 valence electrons. The van der Waals surface area contributed by atoms with Gasteiger partial charge >= 0.3 is 0 Å². The summed E-state index contributed by atoms with van der Waals surface area (Å²) in [5, 5.41) is 19.9. The summed E-state index contributed by atoms with van der Waals surface area (Å²) in [5.74, 6) is -0.901. The number of rotatable bonds is 14. The zero-order chi connectivity index (χ0) is 34.2. The molecule has 1 fully saturated rings. The van der Waals surface area contributed by atoms with Gasteiger partial charge in [0.1, 0.15) is 6.04 Å². The minimum Gasteiger partial charge on any atom is -0.391 e. The number of hydrogen-bond acceptors (Lipinski definition) is 7. The SMILES string of the molecule is COC1CCC(C(=O)NC(C)(C)C)C(CC(O)C(Cc2ccccc2)NC(=O)C(CSc2cccc3ccccc23)NS(C)(=O)=O)C1. The fourth-order valence-electron chi connectivity index (χ4n) is 6.33. The summed E-state index contributed by atoms with van der Waals surface area (Å²) in [7, 11) is -2.07. The van der Waals surface area contributed by atoms with Crippen LogP contribution < -0.4 is 15.4 Å². The Morgan fingerprint density at radius 1 is 1.00 bits per heavy atom. The van der Waals surface area contributed by atoms with Gasteiger partial charge < -0.3 is 20.5 Å². The number of ether oxygens (including phenoxy) is 1. The third-order valence-electron chi connectivity index (χ3n) is 8.57. The molecule has 6 atom stereocenters. The van der Waals surface area contributed by atoms with Crippen molar-refractivity contribution in [3.05, 3.63) is 78.4 Å². The van der Waals surface area contributed by atoms with E-state index in [1.807, 2.05) is 93.6 Å². The van der Waals surface area contributed by atoms with Crippen LogP contribution in [-0.4, -0.2) is 74.3 Å². The first kappa shape index (κ1) is 36.9. The highest BCUT2D eigenvalue weighted by atomic mass is 32.2. The number of benzene rings is 3. The van der Waals surface area contributed by atoms with Crippen molar-refractivity contribution < 1.29 is 27.9 Å². The van der Waals surface area contributed by atoms with E-state index in [2.05, 4.69) is 15.4 Å². The molecule has 3 aromatic carbocycles. The molecule has 3 aromatic rings. The zero-order valence-corrected chi connectivity index (χ0v) is 29.6. The minimum atomic E-state index is -3.74. The number of aliphatic hydroxyl groups excluding tert-OH is 1. The van der Waals surface area contributed by atoms with Gasteiger partial charge in [0.15, 0.2) is 0 Å². The van der Waals surface area contributed by atoms with Gasteiger partial charge in [-0.1, -0.05) is 66.7 Å². The maximum atomic E-state index is 13.9. The van der Waals surface area contributed by atoms with Gasteiger partial charge in [-0.15, -0.1) is 11.8 Å². The van der Waals surface area contributed by atoms with Crippen molar-refractivity contribution in [1.82, 2.24) is 15.4 Å². The van der Waals surface area contributed by atoms with Gasteiger partial charge in [0.05, 0.1) is 24.5 Å². The molecule has 2 amide bonds. The lowest BCUT2D eigenvalue weighted by atomic mass is 9.73. The molecule has 0 bridgehead atoms. The molecule has 4 N–H and O–H groups in total. The smallest absolute Gasteiger partial charge is 0.239 e. The second kappa shape index (κ2) is 16.4. The number of carbonyl (C=O) groups is 2. The normalized spacial score (nSPS) is 20.7. The van der Waals surface area contributed by atoms with Crippen molar-refractivity contribution in [3.63, 3.8) is 0 Å². The standard InChI is InChI=1S/C36H49N3O6S2/c1-36(2,3)38-34(41)29-19-18-27(45-4)21-26(29)22-32(40)30(20-24-12-7-6-8-13-24)37-35(42)31(39-47(5,43)44)23-46-33-17-11-15-25-14-9-10-16-28(25)33/h6-17,26-27,29-32,39-40H,18-23H2,1-5H3,(H,37,42)(H,38,41). The van der Waals surface area contributed by atoms with E-state index in [0.29, 0.717) is 19.3 Å². The van der Waals surface area contributed by atoms with Crippen LogP contribution in [-0.2, 0) is 30.8 Å². The van der Waals surface area contributed by atoms with Crippen LogP contribution in [0, 0.1) is 11.8 Å². The van der Waals surface area contributed by atoms with Crippen molar-refractivity contribution in [3.8, 4) is 0 Å². The summed E-state index contributed by atoms with van der Waals surface area (Å²) in [5.41, 5.74) is 0.517. The molecule has 0 aromatic heterocycles. The maximum absolute atomic E-state index is 13.9. The van der Waals surface area contributed by atoms with Crippen LogP contribution in [0.2, 0.25) is 0 Å². The van der Waals surface area contributed by atoms with E-state index in [4.69, 9.17) is 4.74 Å². The van der Waals surface area contributed by atoms with Gasteiger partial charge in [-0.2, -0.15) is 0 Å². The van der Waals surface area contributed by atoms with Crippen LogP contribution in [0.25, 0.3) is 10.8 Å². The molecular formula is C36H49N3O6S2. The predicted octanol–water partition coefficient (Wildman–Crippen LogP) is 4.67. The molecule has 0 spiro atoms. The number of thioether (sulfide) groups is 1. The fourth-order valence-corrected chi connectivity index (χ4v) is 8.24. The van der Waals surface area contributed by atoms with Gasteiger partial charge in [0, 0.05) is 29.2 Å². The van der Waals surface area contributed by atoms with Gasteiger partial charge in [0.2, 0.25) is 21.8 Å². The van der Waals surface area contributed by atoms with Crippen LogP contribution >= 0.6 is 11.8 Å². The number of nitrogens with one attached hydrogen (secondary N) is 3. The van der Waals surface area contributed by atoms with Gasteiger partial charge in [-0.05, 0) is 81.2 Å². The molecule has 4 rings (SSSR count). The number of amides is 2. The largest absolute Gasteiger partial charge is 0.391 e. The molecule has 11 heteroatoms. The number of hydrogen-bond donors (Lipinski definition) is 4.